The van der Waals surface area contributed by atoms with Crippen LogP contribution in [0.25, 0.3) is 10.9 Å². The number of amides is 1. The maximum atomic E-state index is 13.0. The molecule has 1 fully saturated rings. The lowest BCUT2D eigenvalue weighted by Gasteiger charge is -2.12. The van der Waals surface area contributed by atoms with E-state index in [9.17, 15) is 14.4 Å². The highest BCUT2D eigenvalue weighted by Gasteiger charge is 2.28. The average molecular weight is 495 g/mol. The number of hydrogen-bond acceptors (Lipinski definition) is 6. The third-order valence-electron chi connectivity index (χ3n) is 6.10. The minimum atomic E-state index is -0.546. The maximum Gasteiger partial charge on any atom is 0.306 e. The number of hydrazone groups is 1. The minimum Gasteiger partial charge on any atom is -0.455 e. The number of hydrogen-bond donors (Lipinski definition) is 1. The lowest BCUT2D eigenvalue weighted by molar-refractivity contribution is -0.148. The first-order chi connectivity index (χ1) is 18.1. The smallest absolute Gasteiger partial charge is 0.306 e. The maximum absolute atomic E-state index is 13.0. The number of nitrogens with one attached hydrogen (secondary N) is 1. The summed E-state index contributed by atoms with van der Waals surface area (Å²) in [5.41, 5.74) is 5.29. The van der Waals surface area contributed by atoms with Crippen LogP contribution < -0.4 is 11.0 Å². The summed E-state index contributed by atoms with van der Waals surface area (Å²) in [6.07, 6.45) is 2.10. The monoisotopic (exact) mass is 494 g/mol. The minimum absolute atomic E-state index is 0.00727. The second-order valence-electron chi connectivity index (χ2n) is 8.84. The number of esters is 1. The number of nitrogens with zero attached hydrogens (tertiary/aromatic N) is 3. The zero-order valence-electron chi connectivity index (χ0n) is 20.2. The van der Waals surface area contributed by atoms with Gasteiger partial charge in [0.1, 0.15) is 5.82 Å². The summed E-state index contributed by atoms with van der Waals surface area (Å²) in [4.78, 5) is 42.4. The number of para-hydroxylation sites is 1. The molecule has 0 atom stereocenters. The van der Waals surface area contributed by atoms with Crippen LogP contribution in [0.15, 0.2) is 94.8 Å². The van der Waals surface area contributed by atoms with Gasteiger partial charge < -0.3 is 4.74 Å². The van der Waals surface area contributed by atoms with Crippen molar-refractivity contribution in [1.82, 2.24) is 15.0 Å². The van der Waals surface area contributed by atoms with E-state index in [1.54, 1.807) is 16.7 Å². The Hall–Kier alpha value is -4.59. The number of rotatable bonds is 9. The Morgan fingerprint density at radius 3 is 2.19 bits per heavy atom. The van der Waals surface area contributed by atoms with E-state index in [2.05, 4.69) is 15.5 Å². The fourth-order valence-electron chi connectivity index (χ4n) is 4.15. The lowest BCUT2D eigenvalue weighted by Crippen LogP contribution is -2.27. The van der Waals surface area contributed by atoms with Gasteiger partial charge in [0.15, 0.2) is 6.61 Å². The number of benzene rings is 3. The summed E-state index contributed by atoms with van der Waals surface area (Å²) in [5.74, 6) is -0.528. The van der Waals surface area contributed by atoms with E-state index in [4.69, 9.17) is 4.74 Å². The molecule has 1 aromatic heterocycles. The van der Waals surface area contributed by atoms with Crippen molar-refractivity contribution >= 4 is 28.5 Å². The van der Waals surface area contributed by atoms with E-state index < -0.39 is 18.5 Å². The molecule has 3 aromatic carbocycles. The van der Waals surface area contributed by atoms with Gasteiger partial charge in [-0.25, -0.2) is 10.4 Å². The number of carbonyl (C=O) groups is 2. The van der Waals surface area contributed by atoms with E-state index in [0.717, 1.165) is 24.0 Å². The standard InChI is InChI=1S/C29H26N4O4/c34-26(31-32-28(20-9-3-1-4-10-20)21-11-5-2-6-12-21)19-37-27(35)18-17-25-30-24-14-8-7-13-23(24)29(36)33(25)22-15-16-22/h1-14,22H,15-19H2,(H,31,34). The van der Waals surface area contributed by atoms with Crippen molar-refractivity contribution in [3.63, 3.8) is 0 Å². The van der Waals surface area contributed by atoms with Crippen molar-refractivity contribution in [3.05, 3.63) is 112 Å². The molecule has 1 amide bonds. The van der Waals surface area contributed by atoms with Crippen LogP contribution in [0.4, 0.5) is 0 Å². The fourth-order valence-corrected chi connectivity index (χ4v) is 4.15. The summed E-state index contributed by atoms with van der Waals surface area (Å²) in [5, 5.41) is 4.86. The first-order valence-corrected chi connectivity index (χ1v) is 12.2. The van der Waals surface area contributed by atoms with Gasteiger partial charge >= 0.3 is 5.97 Å². The Morgan fingerprint density at radius 2 is 1.54 bits per heavy atom. The van der Waals surface area contributed by atoms with Crippen molar-refractivity contribution in [2.24, 2.45) is 5.10 Å². The molecular formula is C29H26N4O4. The molecule has 8 nitrogen and oxygen atoms in total. The van der Waals surface area contributed by atoms with Gasteiger partial charge in [0, 0.05) is 23.6 Å². The van der Waals surface area contributed by atoms with Crippen LogP contribution >= 0.6 is 0 Å². The van der Waals surface area contributed by atoms with Crippen molar-refractivity contribution in [1.29, 1.82) is 0 Å². The molecule has 1 aliphatic rings. The van der Waals surface area contributed by atoms with Crippen LogP contribution in [0, 0.1) is 0 Å². The Labute approximate surface area is 213 Å². The summed E-state index contributed by atoms with van der Waals surface area (Å²) in [6.45, 7) is -0.459. The molecule has 8 heteroatoms. The highest BCUT2D eigenvalue weighted by Crippen LogP contribution is 2.34. The second-order valence-corrected chi connectivity index (χ2v) is 8.84. The van der Waals surface area contributed by atoms with Gasteiger partial charge in [0.25, 0.3) is 11.5 Å². The third kappa shape index (κ3) is 5.81. The molecule has 37 heavy (non-hydrogen) atoms. The molecule has 186 valence electrons. The highest BCUT2D eigenvalue weighted by molar-refractivity contribution is 6.13. The molecule has 4 aromatic rings. The topological polar surface area (TPSA) is 103 Å². The number of aromatic nitrogens is 2. The highest BCUT2D eigenvalue weighted by atomic mass is 16.5. The van der Waals surface area contributed by atoms with Crippen LogP contribution in [0.1, 0.15) is 42.3 Å². The molecule has 1 saturated carbocycles. The summed E-state index contributed by atoms with van der Waals surface area (Å²) in [6, 6.07) is 26.3. The van der Waals surface area contributed by atoms with Crippen LogP contribution in [-0.2, 0) is 20.7 Å². The molecule has 0 bridgehead atoms. The Balaban J connectivity index is 1.20. The normalized spacial score (nSPS) is 12.6. The average Bonchev–Trinajstić information content (AvgIpc) is 3.77. The first kappa shape index (κ1) is 24.1. The summed E-state index contributed by atoms with van der Waals surface area (Å²) >= 11 is 0. The second kappa shape index (κ2) is 11.0. The van der Waals surface area contributed by atoms with Crippen molar-refractivity contribution in [2.45, 2.75) is 31.7 Å². The first-order valence-electron chi connectivity index (χ1n) is 12.2. The molecule has 1 N–H and O–H groups in total. The van der Waals surface area contributed by atoms with Gasteiger partial charge in [0.2, 0.25) is 0 Å². The SMILES string of the molecule is O=C(COC(=O)CCc1nc2ccccc2c(=O)n1C1CC1)NN=C(c1ccccc1)c1ccccc1. The van der Waals surface area contributed by atoms with Crippen LogP contribution in [0.2, 0.25) is 0 Å². The van der Waals surface area contributed by atoms with Crippen LogP contribution in [-0.4, -0.2) is 33.7 Å². The molecule has 1 aliphatic carbocycles. The van der Waals surface area contributed by atoms with Crippen molar-refractivity contribution in [3.8, 4) is 0 Å². The van der Waals surface area contributed by atoms with E-state index in [1.807, 2.05) is 72.8 Å². The molecule has 5 rings (SSSR count). The summed E-state index contributed by atoms with van der Waals surface area (Å²) in [7, 11) is 0. The molecule has 0 unspecified atom stereocenters. The molecule has 0 aliphatic heterocycles. The van der Waals surface area contributed by atoms with Gasteiger partial charge in [-0.15, -0.1) is 0 Å². The van der Waals surface area contributed by atoms with Crippen LogP contribution in [0.5, 0.6) is 0 Å². The zero-order valence-corrected chi connectivity index (χ0v) is 20.2. The number of ether oxygens (including phenoxy) is 1. The molecule has 0 radical (unpaired) electrons. The van der Waals surface area contributed by atoms with Crippen LogP contribution in [0.3, 0.4) is 0 Å². The third-order valence-corrected chi connectivity index (χ3v) is 6.10. The van der Waals surface area contributed by atoms with Crippen molar-refractivity contribution < 1.29 is 14.3 Å². The number of aryl methyl sites for hydroxylation is 1. The van der Waals surface area contributed by atoms with E-state index in [0.29, 0.717) is 22.4 Å². The quantitative estimate of drug-likeness (QED) is 0.217. The van der Waals surface area contributed by atoms with Gasteiger partial charge in [-0.1, -0.05) is 72.8 Å². The van der Waals surface area contributed by atoms with E-state index >= 15 is 0 Å². The molecule has 0 saturated heterocycles. The fraction of sp³-hybridized carbons (Fsp3) is 0.207. The van der Waals surface area contributed by atoms with Gasteiger partial charge in [-0.2, -0.15) is 5.10 Å². The number of fused-ring (bicyclic) bond motifs is 1. The summed E-state index contributed by atoms with van der Waals surface area (Å²) < 4.78 is 6.87. The Kier molecular flexibility index (Phi) is 7.16. The van der Waals surface area contributed by atoms with Gasteiger partial charge in [0.05, 0.1) is 23.0 Å². The largest absolute Gasteiger partial charge is 0.455 e. The Bertz CT molecular complexity index is 1470. The van der Waals surface area contributed by atoms with Gasteiger partial charge in [-0.3, -0.25) is 19.0 Å². The van der Waals surface area contributed by atoms with Crippen molar-refractivity contribution in [2.75, 3.05) is 6.61 Å². The van der Waals surface area contributed by atoms with E-state index in [-0.39, 0.29) is 24.4 Å². The van der Waals surface area contributed by atoms with E-state index in [1.165, 1.54) is 0 Å². The predicted molar refractivity (Wildman–Crippen MR) is 140 cm³/mol. The molecular weight excluding hydrogens is 468 g/mol. The molecule has 0 spiro atoms. The van der Waals surface area contributed by atoms with Gasteiger partial charge in [-0.05, 0) is 25.0 Å². The number of carbonyl (C=O) groups excluding carboxylic acids is 2. The lowest BCUT2D eigenvalue weighted by atomic mass is 10.0. The molecule has 1 heterocycles. The Morgan fingerprint density at radius 1 is 0.919 bits per heavy atom. The zero-order chi connectivity index (χ0) is 25.6. The predicted octanol–water partition coefficient (Wildman–Crippen LogP) is 3.78.